The van der Waals surface area contributed by atoms with Crippen molar-refractivity contribution in [2.24, 2.45) is 0 Å². The normalized spacial score (nSPS) is 11.3. The van der Waals surface area contributed by atoms with E-state index in [1.165, 1.54) is 0 Å². The summed E-state index contributed by atoms with van der Waals surface area (Å²) >= 11 is 4.69. The van der Waals surface area contributed by atoms with Crippen LogP contribution in [0, 0.1) is 10.1 Å². The maximum absolute atomic E-state index is 12.4. The van der Waals surface area contributed by atoms with Crippen molar-refractivity contribution in [1.82, 2.24) is 0 Å². The van der Waals surface area contributed by atoms with Gasteiger partial charge in [0, 0.05) is 17.7 Å². The van der Waals surface area contributed by atoms with E-state index in [-0.39, 0.29) is 5.69 Å². The van der Waals surface area contributed by atoms with Crippen LogP contribution in [0.3, 0.4) is 0 Å². The third kappa shape index (κ3) is 2.35. The molecule has 0 atom stereocenters. The summed E-state index contributed by atoms with van der Waals surface area (Å²) in [6, 6.07) is 3.80. The van der Waals surface area contributed by atoms with Crippen LogP contribution < -0.4 is 0 Å². The van der Waals surface area contributed by atoms with Crippen LogP contribution in [-0.2, 0) is 5.38 Å². The minimum Gasteiger partial charge on any atom is -0.258 e. The Kier molecular flexibility index (Phi) is 2.47. The summed E-state index contributed by atoms with van der Waals surface area (Å²) in [6.45, 7) is 0. The summed E-state index contributed by atoms with van der Waals surface area (Å²) in [5.41, 5.74) is -0.704. The smallest absolute Gasteiger partial charge is 0.258 e. The molecular formula is C7H4ClF2NO2. The summed E-state index contributed by atoms with van der Waals surface area (Å²) < 4.78 is 24.8. The van der Waals surface area contributed by atoms with Crippen LogP contribution in [0.4, 0.5) is 14.5 Å². The summed E-state index contributed by atoms with van der Waals surface area (Å²) in [4.78, 5) is 9.48. The van der Waals surface area contributed by atoms with Crippen molar-refractivity contribution in [2.75, 3.05) is 0 Å². The Hall–Kier alpha value is -1.23. The molecule has 0 bridgehead atoms. The van der Waals surface area contributed by atoms with E-state index in [0.29, 0.717) is 0 Å². The van der Waals surface area contributed by atoms with Crippen molar-refractivity contribution >= 4 is 17.3 Å². The molecule has 3 nitrogen and oxygen atoms in total. The minimum atomic E-state index is -3.48. The molecule has 0 saturated carbocycles. The van der Waals surface area contributed by atoms with E-state index in [2.05, 4.69) is 11.6 Å². The lowest BCUT2D eigenvalue weighted by atomic mass is 10.2. The lowest BCUT2D eigenvalue weighted by Crippen LogP contribution is -2.02. The van der Waals surface area contributed by atoms with Gasteiger partial charge in [-0.25, -0.2) is 0 Å². The monoisotopic (exact) mass is 207 g/mol. The standard InChI is InChI=1S/C7H4ClF2NO2/c8-7(9,10)5-1-3-6(4-2-5)11(12)13/h1-4H. The van der Waals surface area contributed by atoms with Gasteiger partial charge < -0.3 is 0 Å². The van der Waals surface area contributed by atoms with Crippen molar-refractivity contribution in [1.29, 1.82) is 0 Å². The quantitative estimate of drug-likeness (QED) is 0.425. The van der Waals surface area contributed by atoms with Gasteiger partial charge in [0.05, 0.1) is 4.92 Å². The molecule has 0 saturated heterocycles. The number of hydrogen-bond acceptors (Lipinski definition) is 2. The van der Waals surface area contributed by atoms with Crippen LogP contribution in [-0.4, -0.2) is 4.92 Å². The predicted molar refractivity (Wildman–Crippen MR) is 42.8 cm³/mol. The molecule has 0 aliphatic heterocycles. The number of alkyl halides is 3. The number of nitro groups is 1. The first-order valence-electron chi connectivity index (χ1n) is 3.23. The van der Waals surface area contributed by atoms with Gasteiger partial charge >= 0.3 is 5.38 Å². The number of nitrogens with zero attached hydrogens (tertiary/aromatic N) is 1. The van der Waals surface area contributed by atoms with Gasteiger partial charge in [-0.1, -0.05) is 0 Å². The molecule has 0 aliphatic carbocycles. The van der Waals surface area contributed by atoms with E-state index in [9.17, 15) is 18.9 Å². The molecule has 0 heterocycles. The van der Waals surface area contributed by atoms with Gasteiger partial charge in [-0.2, -0.15) is 8.78 Å². The van der Waals surface area contributed by atoms with Crippen LogP contribution in [0.15, 0.2) is 24.3 Å². The number of nitro benzene ring substituents is 1. The number of hydrogen-bond donors (Lipinski definition) is 0. The fourth-order valence-electron chi connectivity index (χ4n) is 0.772. The SMILES string of the molecule is O=[N+]([O-])c1ccc(C(F)(F)Cl)cc1. The first kappa shape index (κ1) is 9.85. The van der Waals surface area contributed by atoms with E-state index in [1.54, 1.807) is 0 Å². The van der Waals surface area contributed by atoms with Crippen LogP contribution in [0.1, 0.15) is 5.56 Å². The van der Waals surface area contributed by atoms with Gasteiger partial charge in [-0.05, 0) is 23.7 Å². The molecule has 0 aliphatic rings. The molecule has 0 spiro atoms. The molecule has 1 aromatic rings. The van der Waals surface area contributed by atoms with Crippen LogP contribution in [0.5, 0.6) is 0 Å². The molecule has 0 aromatic heterocycles. The van der Waals surface area contributed by atoms with Gasteiger partial charge in [-0.3, -0.25) is 10.1 Å². The Balaban J connectivity index is 3.01. The Morgan fingerprint density at radius 3 is 2.08 bits per heavy atom. The highest BCUT2D eigenvalue weighted by atomic mass is 35.5. The number of rotatable bonds is 2. The van der Waals surface area contributed by atoms with Gasteiger partial charge in [0.2, 0.25) is 0 Å². The number of halogens is 3. The third-order valence-electron chi connectivity index (χ3n) is 1.41. The van der Waals surface area contributed by atoms with E-state index in [4.69, 9.17) is 0 Å². The minimum absolute atomic E-state index is 0.246. The Morgan fingerprint density at radius 1 is 1.31 bits per heavy atom. The topological polar surface area (TPSA) is 43.1 Å². The first-order chi connectivity index (χ1) is 5.91. The molecule has 0 radical (unpaired) electrons. The average molecular weight is 208 g/mol. The van der Waals surface area contributed by atoms with Gasteiger partial charge in [0.25, 0.3) is 5.69 Å². The second kappa shape index (κ2) is 3.26. The number of non-ortho nitro benzene ring substituents is 1. The van der Waals surface area contributed by atoms with Gasteiger partial charge in [-0.15, -0.1) is 0 Å². The molecule has 70 valence electrons. The van der Waals surface area contributed by atoms with Gasteiger partial charge in [0.1, 0.15) is 0 Å². The zero-order valence-corrected chi connectivity index (χ0v) is 6.96. The summed E-state index contributed by atoms with van der Waals surface area (Å²) in [5.74, 6) is 0. The molecule has 0 unspecified atom stereocenters. The van der Waals surface area contributed by atoms with Crippen molar-refractivity contribution in [3.63, 3.8) is 0 Å². The van der Waals surface area contributed by atoms with Crippen molar-refractivity contribution < 1.29 is 13.7 Å². The van der Waals surface area contributed by atoms with E-state index >= 15 is 0 Å². The molecule has 1 aromatic carbocycles. The molecule has 0 fully saturated rings. The van der Waals surface area contributed by atoms with Crippen LogP contribution >= 0.6 is 11.6 Å². The lowest BCUT2D eigenvalue weighted by Gasteiger charge is -2.06. The largest absolute Gasteiger partial charge is 0.348 e. The summed E-state index contributed by atoms with van der Waals surface area (Å²) in [5, 5.41) is 6.67. The number of benzene rings is 1. The third-order valence-corrected chi connectivity index (χ3v) is 1.62. The van der Waals surface area contributed by atoms with E-state index in [1.807, 2.05) is 0 Å². The zero-order valence-electron chi connectivity index (χ0n) is 6.21. The maximum Gasteiger partial charge on any atom is 0.348 e. The molecule has 0 amide bonds. The van der Waals surface area contributed by atoms with E-state index < -0.39 is 15.9 Å². The Morgan fingerprint density at radius 2 is 1.77 bits per heavy atom. The highest BCUT2D eigenvalue weighted by molar-refractivity contribution is 6.21. The second-order valence-corrected chi connectivity index (χ2v) is 2.78. The fraction of sp³-hybridized carbons (Fsp3) is 0.143. The maximum atomic E-state index is 12.4. The highest BCUT2D eigenvalue weighted by Crippen LogP contribution is 2.32. The summed E-state index contributed by atoms with van der Waals surface area (Å²) in [6.07, 6.45) is 0. The Bertz CT molecular complexity index is 320. The lowest BCUT2D eigenvalue weighted by molar-refractivity contribution is -0.384. The fourth-order valence-corrected chi connectivity index (χ4v) is 0.898. The van der Waals surface area contributed by atoms with Crippen molar-refractivity contribution in [3.05, 3.63) is 39.9 Å². The van der Waals surface area contributed by atoms with Crippen LogP contribution in [0.25, 0.3) is 0 Å². The molecule has 6 heteroatoms. The Labute approximate surface area is 77.1 Å². The molecule has 1 rings (SSSR count). The average Bonchev–Trinajstić information content (AvgIpc) is 2.03. The predicted octanol–water partition coefficient (Wildman–Crippen LogP) is 2.88. The highest BCUT2D eigenvalue weighted by Gasteiger charge is 2.27. The van der Waals surface area contributed by atoms with Crippen molar-refractivity contribution in [3.8, 4) is 0 Å². The van der Waals surface area contributed by atoms with Crippen LogP contribution in [0.2, 0.25) is 0 Å². The second-order valence-electron chi connectivity index (χ2n) is 2.30. The molecular weight excluding hydrogens is 204 g/mol. The zero-order chi connectivity index (χ0) is 10.1. The molecule has 0 N–H and O–H groups in total. The summed E-state index contributed by atoms with van der Waals surface area (Å²) in [7, 11) is 0. The van der Waals surface area contributed by atoms with Crippen molar-refractivity contribution in [2.45, 2.75) is 5.38 Å². The first-order valence-corrected chi connectivity index (χ1v) is 3.61. The molecule has 13 heavy (non-hydrogen) atoms. The van der Waals surface area contributed by atoms with Gasteiger partial charge in [0.15, 0.2) is 0 Å². The van der Waals surface area contributed by atoms with E-state index in [0.717, 1.165) is 24.3 Å².